The zero-order valence-electron chi connectivity index (χ0n) is 13.2. The maximum Gasteiger partial charge on any atom is 0.206 e. The topological polar surface area (TPSA) is 34.1 Å². The fourth-order valence-electron chi connectivity index (χ4n) is 2.53. The van der Waals surface area contributed by atoms with Crippen molar-refractivity contribution in [2.45, 2.75) is 51.9 Å². The minimum atomic E-state index is -3.34. The van der Waals surface area contributed by atoms with E-state index in [9.17, 15) is 8.42 Å². The lowest BCUT2D eigenvalue weighted by Crippen LogP contribution is -2.15. The largest absolute Gasteiger partial charge is 0.219 e. The van der Waals surface area contributed by atoms with Crippen molar-refractivity contribution in [2.24, 2.45) is 5.41 Å². The Kier molecular flexibility index (Phi) is 3.06. The van der Waals surface area contributed by atoms with Crippen molar-refractivity contribution < 1.29 is 8.42 Å². The summed E-state index contributed by atoms with van der Waals surface area (Å²) < 4.78 is 27.9. The molecule has 3 heterocycles. The zero-order chi connectivity index (χ0) is 15.8. The maximum atomic E-state index is 12.9. The lowest BCUT2D eigenvalue weighted by atomic mass is 9.95. The Balaban J connectivity index is 2.26. The first-order valence-electron chi connectivity index (χ1n) is 6.96. The molecule has 1 aliphatic rings. The molecule has 0 radical (unpaired) electrons. The average Bonchev–Trinajstić information content (AvgIpc) is 2.83. The Hall–Kier alpha value is -0.650. The van der Waals surface area contributed by atoms with E-state index < -0.39 is 9.84 Å². The molecule has 0 unspecified atom stereocenters. The van der Waals surface area contributed by atoms with Crippen molar-refractivity contribution >= 4 is 48.0 Å². The molecule has 21 heavy (non-hydrogen) atoms. The lowest BCUT2D eigenvalue weighted by molar-refractivity contribution is 0.519. The van der Waals surface area contributed by atoms with E-state index in [4.69, 9.17) is 0 Å². The third kappa shape index (κ3) is 2.21. The fraction of sp³-hybridized carbons (Fsp3) is 0.500. The number of rotatable bonds is 0. The Morgan fingerprint density at radius 3 is 2.10 bits per heavy atom. The highest BCUT2D eigenvalue weighted by Gasteiger charge is 2.40. The third-order valence-corrected chi connectivity index (χ3v) is 8.97. The van der Waals surface area contributed by atoms with E-state index in [1.165, 1.54) is 4.88 Å². The van der Waals surface area contributed by atoms with Crippen LogP contribution in [0.5, 0.6) is 0 Å². The van der Waals surface area contributed by atoms with Gasteiger partial charge in [0.1, 0.15) is 4.90 Å². The molecule has 0 aromatic carbocycles. The summed E-state index contributed by atoms with van der Waals surface area (Å²) in [7, 11) is -3.34. The van der Waals surface area contributed by atoms with E-state index >= 15 is 0 Å². The van der Waals surface area contributed by atoms with Gasteiger partial charge in [-0.15, -0.1) is 22.7 Å². The van der Waals surface area contributed by atoms with Gasteiger partial charge in [-0.1, -0.05) is 41.5 Å². The Morgan fingerprint density at radius 1 is 0.952 bits per heavy atom. The Labute approximate surface area is 134 Å². The molecule has 0 saturated heterocycles. The maximum absolute atomic E-state index is 12.9. The van der Waals surface area contributed by atoms with Crippen LogP contribution in [-0.2, 0) is 15.3 Å². The van der Waals surface area contributed by atoms with Crippen LogP contribution in [0.3, 0.4) is 0 Å². The minimum Gasteiger partial charge on any atom is -0.219 e. The number of thiophene rings is 2. The van der Waals surface area contributed by atoms with Crippen LogP contribution in [0.4, 0.5) is 0 Å². The van der Waals surface area contributed by atoms with Gasteiger partial charge in [0.25, 0.3) is 0 Å². The summed E-state index contributed by atoms with van der Waals surface area (Å²) in [6.45, 7) is 12.4. The van der Waals surface area contributed by atoms with Gasteiger partial charge >= 0.3 is 0 Å². The second kappa shape index (κ2) is 4.21. The van der Waals surface area contributed by atoms with Crippen molar-refractivity contribution in [3.63, 3.8) is 0 Å². The number of hydrogen-bond donors (Lipinski definition) is 0. The molecule has 1 aliphatic heterocycles. The summed E-state index contributed by atoms with van der Waals surface area (Å²) in [6, 6.07) is 2.16. The molecule has 5 heteroatoms. The van der Waals surface area contributed by atoms with Crippen molar-refractivity contribution in [3.8, 4) is 0 Å². The second-order valence-corrected chi connectivity index (χ2v) is 11.6. The number of fused-ring (bicyclic) bond motifs is 3. The second-order valence-electron chi connectivity index (χ2n) is 7.61. The average molecular weight is 341 g/mol. The van der Waals surface area contributed by atoms with Crippen LogP contribution in [0.25, 0.3) is 15.5 Å². The third-order valence-electron chi connectivity index (χ3n) is 3.65. The fourth-order valence-corrected chi connectivity index (χ4v) is 7.99. The van der Waals surface area contributed by atoms with Gasteiger partial charge in [0, 0.05) is 14.5 Å². The minimum absolute atomic E-state index is 0.0545. The van der Waals surface area contributed by atoms with E-state index in [1.807, 2.05) is 26.8 Å². The van der Waals surface area contributed by atoms with Gasteiger partial charge < -0.3 is 0 Å². The van der Waals surface area contributed by atoms with Crippen molar-refractivity contribution in [1.82, 2.24) is 0 Å². The van der Waals surface area contributed by atoms with Gasteiger partial charge in [0.2, 0.25) is 9.84 Å². The van der Waals surface area contributed by atoms with Gasteiger partial charge in [-0.2, -0.15) is 0 Å². The van der Waals surface area contributed by atoms with E-state index in [-0.39, 0.29) is 10.8 Å². The predicted molar refractivity (Wildman–Crippen MR) is 93.0 cm³/mol. The first-order valence-corrected chi connectivity index (χ1v) is 10.1. The first-order chi connectivity index (χ1) is 9.42. The number of sulfone groups is 1. The molecule has 0 aliphatic carbocycles. The van der Waals surface area contributed by atoms with Crippen LogP contribution >= 0.6 is 22.7 Å². The molecule has 0 spiro atoms. The summed E-state index contributed by atoms with van der Waals surface area (Å²) in [4.78, 5) is 3.24. The van der Waals surface area contributed by atoms with Gasteiger partial charge in [-0.05, 0) is 23.0 Å². The van der Waals surface area contributed by atoms with Crippen LogP contribution in [0.15, 0.2) is 15.9 Å². The standard InChI is InChI=1S/C16H20O2S3/c1-15(2,3)11-7-9-13(20-11)14-10(19-9)8-12(16(4,5)6)21(14,17)18/h7-8H,1-6H3. The van der Waals surface area contributed by atoms with Crippen molar-refractivity contribution in [3.05, 3.63) is 20.7 Å². The Bertz CT molecular complexity index is 863. The molecule has 0 N–H and O–H groups in total. The molecule has 2 nitrogen and oxygen atoms in total. The smallest absolute Gasteiger partial charge is 0.206 e. The van der Waals surface area contributed by atoms with Gasteiger partial charge in [0.05, 0.1) is 9.61 Å². The molecule has 0 atom stereocenters. The molecule has 0 amide bonds. The highest BCUT2D eigenvalue weighted by molar-refractivity contribution is 7.96. The van der Waals surface area contributed by atoms with Crippen LogP contribution in [0.1, 0.15) is 51.3 Å². The molecule has 0 saturated carbocycles. The zero-order valence-corrected chi connectivity index (χ0v) is 15.6. The number of allylic oxidation sites excluding steroid dienone is 1. The molecular formula is C16H20O2S3. The van der Waals surface area contributed by atoms with Crippen molar-refractivity contribution in [2.75, 3.05) is 0 Å². The first kappa shape index (κ1) is 15.3. The molecule has 114 valence electrons. The summed E-state index contributed by atoms with van der Waals surface area (Å²) in [5.41, 5.74) is -0.299. The number of hydrogen-bond acceptors (Lipinski definition) is 4. The van der Waals surface area contributed by atoms with Crippen LogP contribution < -0.4 is 0 Å². The van der Waals surface area contributed by atoms with Crippen LogP contribution in [-0.4, -0.2) is 8.42 Å². The normalized spacial score (nSPS) is 18.1. The highest BCUT2D eigenvalue weighted by atomic mass is 32.2. The summed E-state index contributed by atoms with van der Waals surface area (Å²) >= 11 is 3.23. The molecule has 0 fully saturated rings. The summed E-state index contributed by atoms with van der Waals surface area (Å²) in [5.74, 6) is 0. The van der Waals surface area contributed by atoms with E-state index in [1.54, 1.807) is 22.7 Å². The van der Waals surface area contributed by atoms with Gasteiger partial charge in [-0.3, -0.25) is 0 Å². The van der Waals surface area contributed by atoms with Crippen molar-refractivity contribution in [1.29, 1.82) is 0 Å². The quantitative estimate of drug-likeness (QED) is 0.640. The molecule has 0 bridgehead atoms. The van der Waals surface area contributed by atoms with E-state index in [0.717, 1.165) is 14.3 Å². The highest BCUT2D eigenvalue weighted by Crippen LogP contribution is 2.51. The van der Waals surface area contributed by atoms with Gasteiger partial charge in [0.15, 0.2) is 0 Å². The molecule has 2 aromatic rings. The summed E-state index contributed by atoms with van der Waals surface area (Å²) in [5, 5.41) is 0. The monoisotopic (exact) mass is 340 g/mol. The molecule has 2 aromatic heterocycles. The van der Waals surface area contributed by atoms with Crippen LogP contribution in [0.2, 0.25) is 0 Å². The van der Waals surface area contributed by atoms with E-state index in [2.05, 4.69) is 26.8 Å². The lowest BCUT2D eigenvalue weighted by Gasteiger charge is -2.19. The SMILES string of the molecule is CC(C)(C)C1=Cc2sc3cc(C(C)(C)C)sc3c2S1(=O)=O. The summed E-state index contributed by atoms with van der Waals surface area (Å²) in [6.07, 6.45) is 1.87. The van der Waals surface area contributed by atoms with Gasteiger partial charge in [-0.25, -0.2) is 8.42 Å². The van der Waals surface area contributed by atoms with Crippen LogP contribution in [0, 0.1) is 5.41 Å². The molecule has 3 rings (SSSR count). The predicted octanol–water partition coefficient (Wildman–Crippen LogP) is 5.43. The van der Waals surface area contributed by atoms with E-state index in [0.29, 0.717) is 9.80 Å². The Morgan fingerprint density at radius 2 is 1.57 bits per heavy atom. The molecular weight excluding hydrogens is 320 g/mol.